The largest absolute Gasteiger partial charge is 0.416 e. The highest BCUT2D eigenvalue weighted by atomic mass is 19.4. The number of carbonyl (C=O) groups excluding carboxylic acids is 2. The molecule has 1 heterocycles. The lowest BCUT2D eigenvalue weighted by molar-refractivity contribution is -0.138. The zero-order valence-corrected chi connectivity index (χ0v) is 15.5. The van der Waals surface area contributed by atoms with Crippen LogP contribution in [0.25, 0.3) is 0 Å². The van der Waals surface area contributed by atoms with Gasteiger partial charge in [0.15, 0.2) is 0 Å². The molecule has 148 valence electrons. The number of amides is 2. The molecule has 5 nitrogen and oxygen atoms in total. The van der Waals surface area contributed by atoms with Crippen LogP contribution in [0.5, 0.6) is 0 Å². The van der Waals surface area contributed by atoms with Gasteiger partial charge in [0.05, 0.1) is 12.1 Å². The van der Waals surface area contributed by atoms with Crippen molar-refractivity contribution >= 4 is 28.9 Å². The molecule has 0 bridgehead atoms. The van der Waals surface area contributed by atoms with Crippen molar-refractivity contribution in [2.75, 3.05) is 28.6 Å². The van der Waals surface area contributed by atoms with Gasteiger partial charge in [-0.1, -0.05) is 6.07 Å². The second-order valence-electron chi connectivity index (χ2n) is 6.69. The third-order valence-corrected chi connectivity index (χ3v) is 4.63. The fraction of sp³-hybridized carbons (Fsp3) is 0.300. The summed E-state index contributed by atoms with van der Waals surface area (Å²) in [6, 6.07) is 9.15. The Hall–Kier alpha value is -3.03. The molecule has 0 atom stereocenters. The Morgan fingerprint density at radius 1 is 1.11 bits per heavy atom. The van der Waals surface area contributed by atoms with Crippen LogP contribution in [0.3, 0.4) is 0 Å². The lowest BCUT2D eigenvalue weighted by Crippen LogP contribution is -2.25. The minimum absolute atomic E-state index is 0.0314. The summed E-state index contributed by atoms with van der Waals surface area (Å²) >= 11 is 0. The van der Waals surface area contributed by atoms with Crippen molar-refractivity contribution in [1.29, 1.82) is 0 Å². The first-order valence-corrected chi connectivity index (χ1v) is 8.78. The Kier molecular flexibility index (Phi) is 5.31. The van der Waals surface area contributed by atoms with Crippen LogP contribution < -0.4 is 15.5 Å². The second kappa shape index (κ2) is 7.53. The Morgan fingerprint density at radius 2 is 1.82 bits per heavy atom. The molecule has 1 aliphatic heterocycles. The lowest BCUT2D eigenvalue weighted by atomic mass is 10.1. The maximum Gasteiger partial charge on any atom is 0.416 e. The van der Waals surface area contributed by atoms with Gasteiger partial charge in [0.25, 0.3) is 0 Å². The maximum absolute atomic E-state index is 13.0. The summed E-state index contributed by atoms with van der Waals surface area (Å²) < 4.78 is 38.9. The Morgan fingerprint density at radius 3 is 2.50 bits per heavy atom. The zero-order valence-electron chi connectivity index (χ0n) is 15.5. The number of alkyl halides is 3. The van der Waals surface area contributed by atoms with E-state index in [4.69, 9.17) is 0 Å². The average Bonchev–Trinajstić information content (AvgIpc) is 3.03. The van der Waals surface area contributed by atoms with Gasteiger partial charge in [-0.25, -0.2) is 0 Å². The molecular weight excluding hydrogens is 371 g/mol. The third kappa shape index (κ3) is 4.27. The van der Waals surface area contributed by atoms with Crippen molar-refractivity contribution in [3.05, 3.63) is 53.1 Å². The van der Waals surface area contributed by atoms with Crippen LogP contribution in [0, 0.1) is 6.92 Å². The molecule has 0 saturated carbocycles. The molecule has 0 unspecified atom stereocenters. The number of benzene rings is 2. The van der Waals surface area contributed by atoms with Crippen molar-refractivity contribution < 1.29 is 22.8 Å². The summed E-state index contributed by atoms with van der Waals surface area (Å²) in [5, 5.41) is 5.43. The molecule has 2 aromatic rings. The van der Waals surface area contributed by atoms with Crippen LogP contribution in [0.15, 0.2) is 36.4 Å². The smallest absolute Gasteiger partial charge is 0.376 e. The number of nitrogens with one attached hydrogen (secondary N) is 2. The van der Waals surface area contributed by atoms with Crippen molar-refractivity contribution in [3.63, 3.8) is 0 Å². The van der Waals surface area contributed by atoms with Crippen molar-refractivity contribution in [1.82, 2.24) is 0 Å². The van der Waals surface area contributed by atoms with E-state index in [0.717, 1.165) is 17.3 Å². The number of fused-ring (bicyclic) bond motifs is 1. The minimum Gasteiger partial charge on any atom is -0.376 e. The van der Waals surface area contributed by atoms with Gasteiger partial charge in [0.1, 0.15) is 0 Å². The molecule has 0 spiro atoms. The van der Waals surface area contributed by atoms with Gasteiger partial charge < -0.3 is 15.5 Å². The van der Waals surface area contributed by atoms with Crippen LogP contribution in [0.2, 0.25) is 0 Å². The molecule has 28 heavy (non-hydrogen) atoms. The standard InChI is InChI=1S/C20H20F3N3O2/c1-12-3-4-15(10-17(12)20(21,22)23)24-11-19(28)25-16-5-6-18-14(9-16)7-8-26(18)13(2)27/h3-6,9-10,24H,7-8,11H2,1-2H3,(H,25,28). The normalized spacial score (nSPS) is 13.2. The molecular formula is C20H20F3N3O2. The maximum atomic E-state index is 13.0. The summed E-state index contributed by atoms with van der Waals surface area (Å²) in [6.45, 7) is 3.34. The summed E-state index contributed by atoms with van der Waals surface area (Å²) in [5.41, 5.74) is 2.00. The molecule has 2 N–H and O–H groups in total. The van der Waals surface area contributed by atoms with Gasteiger partial charge in [-0.15, -0.1) is 0 Å². The Bertz CT molecular complexity index is 925. The van der Waals surface area contributed by atoms with Crippen LogP contribution in [-0.4, -0.2) is 24.9 Å². The molecule has 0 aromatic heterocycles. The number of aryl methyl sites for hydroxylation is 1. The number of rotatable bonds is 4. The zero-order chi connectivity index (χ0) is 20.5. The highest BCUT2D eigenvalue weighted by Crippen LogP contribution is 2.33. The summed E-state index contributed by atoms with van der Waals surface area (Å²) in [7, 11) is 0. The van der Waals surface area contributed by atoms with Crippen molar-refractivity contribution in [2.45, 2.75) is 26.4 Å². The van der Waals surface area contributed by atoms with Gasteiger partial charge in [0.2, 0.25) is 11.8 Å². The predicted octanol–water partition coefficient (Wildman–Crippen LogP) is 3.97. The van der Waals surface area contributed by atoms with E-state index in [0.29, 0.717) is 18.7 Å². The number of hydrogen-bond donors (Lipinski definition) is 2. The van der Waals surface area contributed by atoms with E-state index in [2.05, 4.69) is 10.6 Å². The summed E-state index contributed by atoms with van der Waals surface area (Å²) in [5.74, 6) is -0.411. The predicted molar refractivity (Wildman–Crippen MR) is 101 cm³/mol. The SMILES string of the molecule is CC(=O)N1CCc2cc(NC(=O)CNc3ccc(C)c(C(F)(F)F)c3)ccc21. The first-order chi connectivity index (χ1) is 13.1. The fourth-order valence-electron chi connectivity index (χ4n) is 3.23. The van der Waals surface area contributed by atoms with E-state index in [1.807, 2.05) is 6.07 Å². The first-order valence-electron chi connectivity index (χ1n) is 8.78. The second-order valence-corrected chi connectivity index (χ2v) is 6.69. The number of anilines is 3. The topological polar surface area (TPSA) is 61.4 Å². The van der Waals surface area contributed by atoms with Gasteiger partial charge in [-0.05, 0) is 54.8 Å². The van der Waals surface area contributed by atoms with Gasteiger partial charge in [-0.3, -0.25) is 9.59 Å². The molecule has 8 heteroatoms. The molecule has 1 aliphatic rings. The van der Waals surface area contributed by atoms with Gasteiger partial charge >= 0.3 is 6.18 Å². The lowest BCUT2D eigenvalue weighted by Gasteiger charge is -2.15. The molecule has 2 aromatic carbocycles. The first kappa shape index (κ1) is 19.7. The van der Waals surface area contributed by atoms with Crippen molar-refractivity contribution in [3.8, 4) is 0 Å². The Balaban J connectivity index is 1.62. The third-order valence-electron chi connectivity index (χ3n) is 4.63. The number of nitrogens with zero attached hydrogens (tertiary/aromatic N) is 1. The van der Waals surface area contributed by atoms with Gasteiger partial charge in [0, 0.05) is 30.5 Å². The van der Waals surface area contributed by atoms with E-state index in [1.165, 1.54) is 26.0 Å². The van der Waals surface area contributed by atoms with Gasteiger partial charge in [-0.2, -0.15) is 13.2 Å². The molecule has 3 rings (SSSR count). The highest BCUT2D eigenvalue weighted by Gasteiger charge is 2.32. The minimum atomic E-state index is -4.44. The van der Waals surface area contributed by atoms with Crippen molar-refractivity contribution in [2.24, 2.45) is 0 Å². The number of carbonyl (C=O) groups is 2. The van der Waals surface area contributed by atoms with E-state index < -0.39 is 11.7 Å². The quantitative estimate of drug-likeness (QED) is 0.829. The van der Waals surface area contributed by atoms with E-state index in [1.54, 1.807) is 17.0 Å². The van der Waals surface area contributed by atoms with Crippen LogP contribution >= 0.6 is 0 Å². The molecule has 0 fully saturated rings. The number of hydrogen-bond acceptors (Lipinski definition) is 3. The monoisotopic (exact) mass is 391 g/mol. The molecule has 2 amide bonds. The summed E-state index contributed by atoms with van der Waals surface area (Å²) in [4.78, 5) is 25.4. The fourth-order valence-corrected chi connectivity index (χ4v) is 3.23. The van der Waals surface area contributed by atoms with Crippen LogP contribution in [0.4, 0.5) is 30.2 Å². The average molecular weight is 391 g/mol. The van der Waals surface area contributed by atoms with E-state index in [-0.39, 0.29) is 29.6 Å². The molecule has 0 radical (unpaired) electrons. The molecule has 0 saturated heterocycles. The van der Waals surface area contributed by atoms with E-state index >= 15 is 0 Å². The van der Waals surface area contributed by atoms with Crippen LogP contribution in [0.1, 0.15) is 23.6 Å². The Labute approximate surface area is 160 Å². The van der Waals surface area contributed by atoms with Crippen LogP contribution in [-0.2, 0) is 22.2 Å². The van der Waals surface area contributed by atoms with E-state index in [9.17, 15) is 22.8 Å². The summed E-state index contributed by atoms with van der Waals surface area (Å²) in [6.07, 6.45) is -3.73. The number of halogens is 3. The molecule has 0 aliphatic carbocycles. The highest BCUT2D eigenvalue weighted by molar-refractivity contribution is 5.96.